The maximum atomic E-state index is 13.7. The van der Waals surface area contributed by atoms with E-state index < -0.39 is 30.6 Å². The van der Waals surface area contributed by atoms with Gasteiger partial charge in [0.2, 0.25) is 0 Å². The minimum atomic E-state index is -3.58. The number of carboxylic acid groups (broad SMARTS) is 1. The second-order valence-corrected chi connectivity index (χ2v) is 9.15. The first kappa shape index (κ1) is 23.5. The minimum Gasteiger partial charge on any atom is -0.477 e. The van der Waals surface area contributed by atoms with Crippen LogP contribution in [-0.4, -0.2) is 31.2 Å². The number of benzene rings is 2. The third-order valence-corrected chi connectivity index (χ3v) is 6.93. The van der Waals surface area contributed by atoms with E-state index in [0.717, 1.165) is 6.92 Å². The molecule has 2 aromatic carbocycles. The summed E-state index contributed by atoms with van der Waals surface area (Å²) in [5, 5.41) is 19.3. The number of aliphatic carboxylic acids is 1. The van der Waals surface area contributed by atoms with Crippen molar-refractivity contribution in [3.8, 4) is 23.5 Å². The Kier molecular flexibility index (Phi) is 6.17. The number of aromatic nitrogens is 1. The van der Waals surface area contributed by atoms with Crippen LogP contribution < -0.4 is 0 Å². The molecule has 0 aliphatic heterocycles. The lowest BCUT2D eigenvalue weighted by Gasteiger charge is -2.34. The lowest BCUT2D eigenvalue weighted by molar-refractivity contribution is -0.145. The summed E-state index contributed by atoms with van der Waals surface area (Å²) >= 11 is 0. The Morgan fingerprint density at radius 2 is 1.78 bits per heavy atom. The SMILES string of the molecule is C#CC(C(=O)O)([P+](=O)O)C(C)(O)c1c(C(C)C)nc2ccccc2c1-c1ccc(F)cc1. The highest BCUT2D eigenvalue weighted by atomic mass is 31.1. The molecule has 3 N–H and O–H groups in total. The summed E-state index contributed by atoms with van der Waals surface area (Å²) in [5.74, 6) is -0.732. The molecule has 0 saturated carbocycles. The molecule has 0 saturated heterocycles. The molecule has 6 nitrogen and oxygen atoms in total. The molecule has 164 valence electrons. The molecule has 0 radical (unpaired) electrons. The Morgan fingerprint density at radius 3 is 2.28 bits per heavy atom. The van der Waals surface area contributed by atoms with Gasteiger partial charge in [0.15, 0.2) is 5.60 Å². The van der Waals surface area contributed by atoms with Crippen molar-refractivity contribution in [1.29, 1.82) is 0 Å². The van der Waals surface area contributed by atoms with Gasteiger partial charge in [-0.2, -0.15) is 4.89 Å². The number of nitrogens with zero attached hydrogens (tertiary/aromatic N) is 1. The number of aliphatic hydroxyl groups is 1. The second-order valence-electron chi connectivity index (χ2n) is 7.93. The predicted octanol–water partition coefficient (Wildman–Crippen LogP) is 4.56. The highest BCUT2D eigenvalue weighted by Gasteiger charge is 2.70. The van der Waals surface area contributed by atoms with Crippen LogP contribution in [0.15, 0.2) is 48.5 Å². The molecule has 0 aliphatic carbocycles. The van der Waals surface area contributed by atoms with Gasteiger partial charge in [0.25, 0.3) is 0 Å². The van der Waals surface area contributed by atoms with E-state index in [1.807, 2.05) is 5.92 Å². The summed E-state index contributed by atoms with van der Waals surface area (Å²) in [6, 6.07) is 12.4. The van der Waals surface area contributed by atoms with E-state index in [1.165, 1.54) is 24.3 Å². The molecule has 3 aromatic rings. The minimum absolute atomic E-state index is 0.00978. The van der Waals surface area contributed by atoms with Crippen LogP contribution in [0.4, 0.5) is 4.39 Å². The van der Waals surface area contributed by atoms with Crippen LogP contribution >= 0.6 is 8.03 Å². The average molecular weight is 454 g/mol. The summed E-state index contributed by atoms with van der Waals surface area (Å²) in [4.78, 5) is 26.9. The molecule has 1 heterocycles. The molecule has 3 rings (SSSR count). The average Bonchev–Trinajstić information content (AvgIpc) is 2.73. The van der Waals surface area contributed by atoms with Gasteiger partial charge in [-0.05, 0) is 52.7 Å². The van der Waals surface area contributed by atoms with Crippen molar-refractivity contribution in [3.05, 3.63) is 65.6 Å². The Balaban J connectivity index is 2.60. The van der Waals surface area contributed by atoms with Crippen molar-refractivity contribution >= 4 is 24.9 Å². The van der Waals surface area contributed by atoms with E-state index in [1.54, 1.807) is 38.1 Å². The molecule has 0 bridgehead atoms. The van der Waals surface area contributed by atoms with Gasteiger partial charge in [0.05, 0.1) is 11.2 Å². The van der Waals surface area contributed by atoms with Gasteiger partial charge in [0.1, 0.15) is 5.82 Å². The molecule has 0 amide bonds. The van der Waals surface area contributed by atoms with Gasteiger partial charge in [-0.3, -0.25) is 4.98 Å². The van der Waals surface area contributed by atoms with Crippen LogP contribution in [0.5, 0.6) is 0 Å². The number of para-hydroxylation sites is 1. The first-order valence-corrected chi connectivity index (χ1v) is 11.0. The third kappa shape index (κ3) is 3.47. The molecule has 8 heteroatoms. The number of terminal acetylenes is 1. The van der Waals surface area contributed by atoms with Gasteiger partial charge in [-0.25, -0.2) is 9.18 Å². The maximum Gasteiger partial charge on any atom is 0.541 e. The first-order valence-electron chi connectivity index (χ1n) is 9.77. The normalized spacial score (nSPS) is 15.6. The fourth-order valence-electron chi connectivity index (χ4n) is 3.97. The number of hydrogen-bond acceptors (Lipinski definition) is 4. The number of pyridine rings is 1. The fourth-order valence-corrected chi connectivity index (χ4v) is 4.73. The Morgan fingerprint density at radius 1 is 1.19 bits per heavy atom. The molecule has 32 heavy (non-hydrogen) atoms. The Bertz CT molecular complexity index is 1250. The van der Waals surface area contributed by atoms with Crippen molar-refractivity contribution in [3.63, 3.8) is 0 Å². The molecule has 0 aliphatic rings. The van der Waals surface area contributed by atoms with Crippen LogP contribution in [0.3, 0.4) is 0 Å². The van der Waals surface area contributed by atoms with Crippen molar-refractivity contribution in [2.24, 2.45) is 0 Å². The van der Waals surface area contributed by atoms with Gasteiger partial charge in [-0.15, -0.1) is 6.42 Å². The quantitative estimate of drug-likeness (QED) is 0.372. The van der Waals surface area contributed by atoms with Gasteiger partial charge < -0.3 is 10.2 Å². The van der Waals surface area contributed by atoms with Crippen LogP contribution in [0.2, 0.25) is 0 Å². The Hall–Kier alpha value is -3.17. The summed E-state index contributed by atoms with van der Waals surface area (Å²) < 4.78 is 26.0. The number of fused-ring (bicyclic) bond motifs is 1. The summed E-state index contributed by atoms with van der Waals surface area (Å²) in [5.41, 5.74) is -0.809. The molecule has 0 spiro atoms. The summed E-state index contributed by atoms with van der Waals surface area (Å²) in [6.07, 6.45) is 5.48. The molecular weight excluding hydrogens is 432 g/mol. The largest absolute Gasteiger partial charge is 0.541 e. The van der Waals surface area contributed by atoms with Gasteiger partial charge >= 0.3 is 19.2 Å². The lowest BCUT2D eigenvalue weighted by atomic mass is 9.75. The van der Waals surface area contributed by atoms with Crippen molar-refractivity contribution < 1.29 is 28.9 Å². The fraction of sp³-hybridized carbons (Fsp3) is 0.250. The van der Waals surface area contributed by atoms with E-state index in [-0.39, 0.29) is 11.5 Å². The van der Waals surface area contributed by atoms with E-state index in [2.05, 4.69) is 4.98 Å². The number of carboxylic acids is 1. The van der Waals surface area contributed by atoms with E-state index >= 15 is 0 Å². The predicted molar refractivity (Wildman–Crippen MR) is 120 cm³/mol. The van der Waals surface area contributed by atoms with E-state index in [9.17, 15) is 28.9 Å². The van der Waals surface area contributed by atoms with Crippen molar-refractivity contribution in [2.45, 2.75) is 37.4 Å². The molecular formula is C24H22FNO5P+. The summed E-state index contributed by atoms with van der Waals surface area (Å²) in [6.45, 7) is 4.69. The molecule has 0 fully saturated rings. The standard InChI is InChI=1S/C24H21FNO5P/c1-5-24(22(27)28,32(30)31)23(4,29)20-19(15-10-12-16(25)13-11-15)17-8-6-7-9-18(17)26-21(20)14(2)3/h1,6-14,29H,2-4H3,(H-,27,28,30,31)/p+1. The molecule has 3 unspecified atom stereocenters. The number of halogens is 1. The maximum absolute atomic E-state index is 13.7. The summed E-state index contributed by atoms with van der Waals surface area (Å²) in [7, 11) is -3.58. The van der Waals surface area contributed by atoms with Crippen molar-refractivity contribution in [2.75, 3.05) is 0 Å². The number of rotatable bonds is 6. The number of carbonyl (C=O) groups is 1. The smallest absolute Gasteiger partial charge is 0.477 e. The van der Waals surface area contributed by atoms with E-state index in [4.69, 9.17) is 6.42 Å². The highest BCUT2D eigenvalue weighted by molar-refractivity contribution is 7.42. The van der Waals surface area contributed by atoms with Crippen LogP contribution in [0.1, 0.15) is 37.9 Å². The van der Waals surface area contributed by atoms with Crippen molar-refractivity contribution in [1.82, 2.24) is 4.98 Å². The van der Waals surface area contributed by atoms with Gasteiger partial charge in [-0.1, -0.05) is 44.2 Å². The third-order valence-electron chi connectivity index (χ3n) is 5.60. The topological polar surface area (TPSA) is 108 Å². The molecule has 3 atom stereocenters. The van der Waals surface area contributed by atoms with E-state index in [0.29, 0.717) is 27.7 Å². The van der Waals surface area contributed by atoms with Crippen LogP contribution in [0.25, 0.3) is 22.0 Å². The zero-order valence-corrected chi connectivity index (χ0v) is 18.6. The second kappa shape index (κ2) is 8.40. The van der Waals surface area contributed by atoms with Crippen LogP contribution in [-0.2, 0) is 15.0 Å². The monoisotopic (exact) mass is 454 g/mol. The first-order chi connectivity index (χ1) is 15.0. The Labute approximate surface area is 185 Å². The van der Waals surface area contributed by atoms with Gasteiger partial charge in [0, 0.05) is 10.9 Å². The lowest BCUT2D eigenvalue weighted by Crippen LogP contribution is -2.53. The number of hydrogen-bond donors (Lipinski definition) is 3. The molecule has 1 aromatic heterocycles. The zero-order chi connectivity index (χ0) is 23.8. The van der Waals surface area contributed by atoms with Crippen LogP contribution in [0, 0.1) is 18.2 Å². The zero-order valence-electron chi connectivity index (χ0n) is 17.7. The highest BCUT2D eigenvalue weighted by Crippen LogP contribution is 2.53.